The van der Waals surface area contributed by atoms with E-state index in [1.807, 2.05) is 0 Å². The molecule has 0 atom stereocenters. The highest BCUT2D eigenvalue weighted by Crippen LogP contribution is 2.19. The van der Waals surface area contributed by atoms with Crippen molar-refractivity contribution >= 4 is 34.2 Å². The summed E-state index contributed by atoms with van der Waals surface area (Å²) in [4.78, 5) is 0. The van der Waals surface area contributed by atoms with Gasteiger partial charge in [-0.2, -0.15) is 0 Å². The Morgan fingerprint density at radius 2 is 2.20 bits per heavy atom. The minimum Gasteiger partial charge on any atom is -0.246 e. The van der Waals surface area contributed by atoms with E-state index in [0.29, 0.717) is 10.6 Å². The monoisotopic (exact) mass is 270 g/mol. The van der Waals surface area contributed by atoms with Crippen molar-refractivity contribution in [3.8, 4) is 0 Å². The molecule has 0 saturated carbocycles. The van der Waals surface area contributed by atoms with Gasteiger partial charge in [-0.15, -0.1) is 0 Å². The van der Waals surface area contributed by atoms with E-state index in [-0.39, 0.29) is 0 Å². The molecule has 10 heavy (non-hydrogen) atoms. The lowest BCUT2D eigenvalue weighted by Crippen LogP contribution is -1.79. The van der Waals surface area contributed by atoms with Crippen LogP contribution in [0.1, 0.15) is 5.56 Å². The van der Waals surface area contributed by atoms with Crippen molar-refractivity contribution in [2.75, 3.05) is 0 Å². The van der Waals surface area contributed by atoms with Gasteiger partial charge < -0.3 is 0 Å². The fraction of sp³-hybridized carbons (Fsp3) is 0.143. The van der Waals surface area contributed by atoms with E-state index < -0.39 is 6.67 Å². The maximum absolute atomic E-state index is 12.0. The summed E-state index contributed by atoms with van der Waals surface area (Å²) in [7, 11) is 0. The quantitative estimate of drug-likeness (QED) is 0.686. The Bertz CT molecular complexity index is 237. The topological polar surface area (TPSA) is 0 Å². The van der Waals surface area contributed by atoms with Crippen molar-refractivity contribution in [1.82, 2.24) is 0 Å². The van der Waals surface area contributed by atoms with E-state index in [9.17, 15) is 4.39 Å². The Hall–Kier alpha value is 0.170. The number of hydrogen-bond acceptors (Lipinski definition) is 0. The molecule has 54 valence electrons. The van der Waals surface area contributed by atoms with Gasteiger partial charge in [-0.05, 0) is 40.3 Å². The van der Waals surface area contributed by atoms with Crippen LogP contribution in [0.5, 0.6) is 0 Å². The predicted molar refractivity (Wildman–Crippen MR) is 49.0 cm³/mol. The summed E-state index contributed by atoms with van der Waals surface area (Å²) < 4.78 is 12.9. The Morgan fingerprint density at radius 3 is 2.70 bits per heavy atom. The zero-order valence-electron chi connectivity index (χ0n) is 5.07. The van der Waals surface area contributed by atoms with Crippen molar-refractivity contribution in [1.29, 1.82) is 0 Å². The first-order valence-electron chi connectivity index (χ1n) is 2.74. The number of hydrogen-bond donors (Lipinski definition) is 0. The van der Waals surface area contributed by atoms with Gasteiger partial charge in [0, 0.05) is 3.57 Å². The highest BCUT2D eigenvalue weighted by Gasteiger charge is 1.96. The van der Waals surface area contributed by atoms with Crippen LogP contribution < -0.4 is 0 Å². The zero-order valence-corrected chi connectivity index (χ0v) is 7.99. The van der Waals surface area contributed by atoms with Gasteiger partial charge in [0.2, 0.25) is 0 Å². The van der Waals surface area contributed by atoms with E-state index in [2.05, 4.69) is 22.6 Å². The molecule has 0 saturated heterocycles. The fourth-order valence-electron chi connectivity index (χ4n) is 0.623. The lowest BCUT2D eigenvalue weighted by atomic mass is 10.2. The number of rotatable bonds is 1. The van der Waals surface area contributed by atoms with E-state index in [4.69, 9.17) is 11.6 Å². The van der Waals surface area contributed by atoms with Crippen molar-refractivity contribution < 1.29 is 4.39 Å². The summed E-state index contributed by atoms with van der Waals surface area (Å²) in [5.74, 6) is 0. The van der Waals surface area contributed by atoms with Gasteiger partial charge in [-0.1, -0.05) is 17.7 Å². The average molecular weight is 270 g/mol. The third-order valence-corrected chi connectivity index (χ3v) is 2.71. The van der Waals surface area contributed by atoms with Gasteiger partial charge in [0.15, 0.2) is 0 Å². The highest BCUT2D eigenvalue weighted by molar-refractivity contribution is 14.1. The van der Waals surface area contributed by atoms with Gasteiger partial charge in [-0.3, -0.25) is 0 Å². The van der Waals surface area contributed by atoms with Gasteiger partial charge in [0.05, 0.1) is 5.02 Å². The molecule has 0 heterocycles. The first kappa shape index (κ1) is 8.27. The van der Waals surface area contributed by atoms with Crippen LogP contribution in [0.2, 0.25) is 5.02 Å². The summed E-state index contributed by atoms with van der Waals surface area (Å²) in [5, 5.41) is 0.621. The minimum atomic E-state index is -0.448. The van der Waals surface area contributed by atoms with Crippen LogP contribution in [-0.2, 0) is 6.67 Å². The lowest BCUT2D eigenvalue weighted by Gasteiger charge is -1.96. The third-order valence-electron chi connectivity index (χ3n) is 1.14. The number of halogens is 3. The molecule has 0 amide bonds. The van der Waals surface area contributed by atoms with Crippen molar-refractivity contribution in [2.24, 2.45) is 0 Å². The Balaban J connectivity index is 3.04. The van der Waals surface area contributed by atoms with Crippen LogP contribution in [0.25, 0.3) is 0 Å². The molecule has 1 rings (SSSR count). The fourth-order valence-corrected chi connectivity index (χ4v) is 1.16. The molecule has 0 aliphatic rings. The summed E-state index contributed by atoms with van der Waals surface area (Å²) >= 11 is 7.82. The summed E-state index contributed by atoms with van der Waals surface area (Å²) in [6.07, 6.45) is 0. The maximum Gasteiger partial charge on any atom is 0.115 e. The van der Waals surface area contributed by atoms with Crippen LogP contribution in [0, 0.1) is 3.57 Å². The van der Waals surface area contributed by atoms with Crippen LogP contribution >= 0.6 is 34.2 Å². The van der Waals surface area contributed by atoms with Crippen LogP contribution in [0.3, 0.4) is 0 Å². The van der Waals surface area contributed by atoms with Crippen LogP contribution in [-0.4, -0.2) is 0 Å². The molecule has 0 unspecified atom stereocenters. The van der Waals surface area contributed by atoms with E-state index in [1.54, 1.807) is 18.2 Å². The average Bonchev–Trinajstić information content (AvgIpc) is 1.95. The first-order chi connectivity index (χ1) is 4.74. The van der Waals surface area contributed by atoms with Gasteiger partial charge in [0.25, 0.3) is 0 Å². The Kier molecular flexibility index (Phi) is 2.92. The van der Waals surface area contributed by atoms with Crippen molar-refractivity contribution in [2.45, 2.75) is 6.67 Å². The molecule has 0 nitrogen and oxygen atoms in total. The molecule has 1 aromatic rings. The molecule has 0 bridgehead atoms. The lowest BCUT2D eigenvalue weighted by molar-refractivity contribution is 0.485. The maximum atomic E-state index is 12.0. The molecular formula is C7H5ClFI. The smallest absolute Gasteiger partial charge is 0.115 e. The summed E-state index contributed by atoms with van der Waals surface area (Å²) in [6, 6.07) is 5.18. The van der Waals surface area contributed by atoms with Crippen LogP contribution in [0.4, 0.5) is 4.39 Å². The number of benzene rings is 1. The SMILES string of the molecule is FCc1ccc(I)c(Cl)c1. The van der Waals surface area contributed by atoms with E-state index >= 15 is 0 Å². The molecule has 0 aliphatic carbocycles. The Morgan fingerprint density at radius 1 is 1.50 bits per heavy atom. The standard InChI is InChI=1S/C7H5ClFI/c8-6-3-5(4-9)1-2-7(6)10/h1-3H,4H2. The normalized spacial score (nSPS) is 9.90. The number of alkyl halides is 1. The molecule has 0 spiro atoms. The van der Waals surface area contributed by atoms with Gasteiger partial charge in [-0.25, -0.2) is 4.39 Å². The molecule has 0 fully saturated rings. The largest absolute Gasteiger partial charge is 0.246 e. The van der Waals surface area contributed by atoms with Gasteiger partial charge >= 0.3 is 0 Å². The second-order valence-electron chi connectivity index (χ2n) is 1.88. The summed E-state index contributed by atoms with van der Waals surface area (Å²) in [6.45, 7) is -0.448. The Labute approximate surface area is 77.5 Å². The predicted octanol–water partition coefficient (Wildman–Crippen LogP) is 3.41. The molecule has 0 radical (unpaired) electrons. The molecule has 3 heteroatoms. The first-order valence-corrected chi connectivity index (χ1v) is 4.19. The zero-order chi connectivity index (χ0) is 7.56. The molecule has 0 aromatic heterocycles. The molecule has 0 N–H and O–H groups in total. The molecule has 1 aromatic carbocycles. The van der Waals surface area contributed by atoms with Crippen molar-refractivity contribution in [3.05, 3.63) is 32.4 Å². The molecular weight excluding hydrogens is 265 g/mol. The minimum absolute atomic E-state index is 0.448. The van der Waals surface area contributed by atoms with E-state index in [0.717, 1.165) is 3.57 Å². The van der Waals surface area contributed by atoms with Crippen molar-refractivity contribution in [3.63, 3.8) is 0 Å². The van der Waals surface area contributed by atoms with Gasteiger partial charge in [0.1, 0.15) is 6.67 Å². The van der Waals surface area contributed by atoms with Crippen LogP contribution in [0.15, 0.2) is 18.2 Å². The van der Waals surface area contributed by atoms with E-state index in [1.165, 1.54) is 0 Å². The summed E-state index contributed by atoms with van der Waals surface area (Å²) in [5.41, 5.74) is 0.630. The molecule has 0 aliphatic heterocycles. The second kappa shape index (κ2) is 3.53. The third kappa shape index (κ3) is 1.83. The second-order valence-corrected chi connectivity index (χ2v) is 3.45. The highest BCUT2D eigenvalue weighted by atomic mass is 127.